The first-order valence-electron chi connectivity index (χ1n) is 4.54. The number of hydrogen-bond donors (Lipinski definition) is 3. The lowest BCUT2D eigenvalue weighted by Crippen LogP contribution is -2.23. The Hall–Kier alpha value is -1.35. The van der Waals surface area contributed by atoms with Gasteiger partial charge in [-0.15, -0.1) is 12.3 Å². The van der Waals surface area contributed by atoms with E-state index in [2.05, 4.69) is 23.9 Å². The van der Waals surface area contributed by atoms with Crippen molar-refractivity contribution >= 4 is 12.6 Å². The zero-order valence-corrected chi connectivity index (χ0v) is 9.30. The second-order valence-corrected chi connectivity index (χ2v) is 3.28. The summed E-state index contributed by atoms with van der Waals surface area (Å²) in [5.74, 6) is 2.65. The topological polar surface area (TPSA) is 81.2 Å². The first kappa shape index (κ1) is 13.7. The number of rotatable bonds is 7. The lowest BCUT2D eigenvalue weighted by atomic mass is 10.3. The molecule has 6 heteroatoms. The third kappa shape index (κ3) is 5.86. The molecule has 0 saturated heterocycles. The van der Waals surface area contributed by atoms with Crippen molar-refractivity contribution in [1.82, 2.24) is 5.32 Å². The normalized spacial score (nSPS) is 11.5. The number of nitrogens with one attached hydrogen (secondary N) is 1. The lowest BCUT2D eigenvalue weighted by molar-refractivity contribution is -0.428. The largest absolute Gasteiger partial charge is 0.382 e. The highest BCUT2D eigenvalue weighted by Gasteiger charge is 2.10. The van der Waals surface area contributed by atoms with Gasteiger partial charge in [0.2, 0.25) is 0 Å². The Labute approximate surface area is 94.7 Å². The second kappa shape index (κ2) is 8.00. The molecule has 0 aromatic carbocycles. The first-order chi connectivity index (χ1) is 7.13. The summed E-state index contributed by atoms with van der Waals surface area (Å²) in [4.78, 5) is 9.83. The van der Waals surface area contributed by atoms with Crippen molar-refractivity contribution in [3.05, 3.63) is 21.6 Å². The lowest BCUT2D eigenvalue weighted by Gasteiger charge is -2.08. The molecule has 0 spiro atoms. The number of nitrogens with two attached hydrogens (primary N) is 1. The highest BCUT2D eigenvalue weighted by atomic mass is 32.1. The zero-order chi connectivity index (χ0) is 11.7. The summed E-state index contributed by atoms with van der Waals surface area (Å²) in [6, 6.07) is 0. The molecule has 0 bridgehead atoms. The van der Waals surface area contributed by atoms with E-state index in [0.717, 1.165) is 6.42 Å². The minimum atomic E-state index is -0.604. The van der Waals surface area contributed by atoms with Gasteiger partial charge in [0.1, 0.15) is 5.70 Å². The van der Waals surface area contributed by atoms with Crippen molar-refractivity contribution in [3.63, 3.8) is 0 Å². The average molecular weight is 229 g/mol. The van der Waals surface area contributed by atoms with E-state index in [1.54, 1.807) is 0 Å². The number of unbranched alkanes of at least 4 members (excludes halogenated alkanes) is 1. The number of hydrogen-bond acceptors (Lipinski definition) is 5. The van der Waals surface area contributed by atoms with Gasteiger partial charge in [0, 0.05) is 19.4 Å². The molecule has 0 amide bonds. The predicted molar refractivity (Wildman–Crippen MR) is 62.7 cm³/mol. The fourth-order valence-electron chi connectivity index (χ4n) is 0.959. The van der Waals surface area contributed by atoms with Crippen LogP contribution in [0.25, 0.3) is 0 Å². The van der Waals surface area contributed by atoms with Crippen LogP contribution in [0.2, 0.25) is 0 Å². The quantitative estimate of drug-likeness (QED) is 0.197. The van der Waals surface area contributed by atoms with Gasteiger partial charge in [-0.05, 0) is 17.1 Å². The number of nitrogens with zero attached hydrogens (tertiary/aromatic N) is 1. The molecule has 0 saturated carbocycles. The van der Waals surface area contributed by atoms with Gasteiger partial charge in [0.05, 0.1) is 0 Å². The Morgan fingerprint density at radius 2 is 2.33 bits per heavy atom. The van der Waals surface area contributed by atoms with Crippen molar-refractivity contribution in [2.24, 2.45) is 5.73 Å². The third-order valence-electron chi connectivity index (χ3n) is 1.70. The summed E-state index contributed by atoms with van der Waals surface area (Å²) >= 11 is 4.00. The van der Waals surface area contributed by atoms with E-state index >= 15 is 0 Å². The minimum absolute atomic E-state index is 0.343. The molecule has 5 nitrogen and oxygen atoms in total. The van der Waals surface area contributed by atoms with E-state index in [1.165, 1.54) is 0 Å². The van der Waals surface area contributed by atoms with Crippen LogP contribution in [-0.2, 0) is 0 Å². The van der Waals surface area contributed by atoms with Gasteiger partial charge in [-0.1, -0.05) is 0 Å². The molecule has 0 atom stereocenters. The SMILES string of the molecule is C#CCCCNC(CCS)=C(N)[N+](=O)[O-]. The van der Waals surface area contributed by atoms with Crippen molar-refractivity contribution in [3.8, 4) is 12.3 Å². The number of terminal acetylenes is 1. The number of thiol groups is 1. The molecule has 0 heterocycles. The predicted octanol–water partition coefficient (Wildman–Crippen LogP) is 0.714. The molecule has 0 aromatic rings. The number of allylic oxidation sites excluding steroid dienone is 1. The Morgan fingerprint density at radius 1 is 1.67 bits per heavy atom. The fourth-order valence-corrected chi connectivity index (χ4v) is 1.18. The van der Waals surface area contributed by atoms with Crippen LogP contribution in [0, 0.1) is 22.5 Å². The molecular weight excluding hydrogens is 214 g/mol. The summed E-state index contributed by atoms with van der Waals surface area (Å²) < 4.78 is 0. The third-order valence-corrected chi connectivity index (χ3v) is 1.93. The highest BCUT2D eigenvalue weighted by Crippen LogP contribution is 2.03. The van der Waals surface area contributed by atoms with Gasteiger partial charge in [-0.25, -0.2) is 0 Å². The first-order valence-corrected chi connectivity index (χ1v) is 5.18. The maximum Gasteiger partial charge on any atom is 0.333 e. The van der Waals surface area contributed by atoms with Gasteiger partial charge in [0.25, 0.3) is 0 Å². The van der Waals surface area contributed by atoms with Gasteiger partial charge in [0.15, 0.2) is 0 Å². The maximum absolute atomic E-state index is 10.4. The summed E-state index contributed by atoms with van der Waals surface area (Å²) in [7, 11) is 0. The standard InChI is InChI=1S/C9H15N3O2S/c1-2-3-4-6-11-8(5-7-15)9(10)12(13)14/h1,11,15H,3-7,10H2. The molecular formula is C9H15N3O2S. The Kier molecular flexibility index (Phi) is 7.28. The van der Waals surface area contributed by atoms with Crippen molar-refractivity contribution in [2.45, 2.75) is 19.3 Å². The molecule has 0 radical (unpaired) electrons. The van der Waals surface area contributed by atoms with E-state index in [-0.39, 0.29) is 5.82 Å². The monoisotopic (exact) mass is 229 g/mol. The molecule has 0 rings (SSSR count). The van der Waals surface area contributed by atoms with Crippen molar-refractivity contribution in [2.75, 3.05) is 12.3 Å². The van der Waals surface area contributed by atoms with Crippen LogP contribution in [0.1, 0.15) is 19.3 Å². The van der Waals surface area contributed by atoms with Crippen molar-refractivity contribution < 1.29 is 4.92 Å². The summed E-state index contributed by atoms with van der Waals surface area (Å²) in [5, 5.41) is 13.3. The Bertz CT molecular complexity index is 284. The molecule has 84 valence electrons. The van der Waals surface area contributed by atoms with E-state index < -0.39 is 4.92 Å². The van der Waals surface area contributed by atoms with Gasteiger partial charge in [-0.2, -0.15) is 12.6 Å². The van der Waals surface area contributed by atoms with Gasteiger partial charge >= 0.3 is 5.82 Å². The van der Waals surface area contributed by atoms with Gasteiger partial charge in [-0.3, -0.25) is 5.73 Å². The van der Waals surface area contributed by atoms with Crippen LogP contribution in [-0.4, -0.2) is 17.2 Å². The van der Waals surface area contributed by atoms with Crippen LogP contribution in [0.15, 0.2) is 11.5 Å². The zero-order valence-electron chi connectivity index (χ0n) is 8.40. The summed E-state index contributed by atoms with van der Waals surface area (Å²) in [6.45, 7) is 0.585. The molecule has 15 heavy (non-hydrogen) atoms. The van der Waals surface area contributed by atoms with E-state index in [0.29, 0.717) is 30.8 Å². The van der Waals surface area contributed by atoms with Crippen molar-refractivity contribution in [1.29, 1.82) is 0 Å². The van der Waals surface area contributed by atoms with Crippen LogP contribution in [0.4, 0.5) is 0 Å². The van der Waals surface area contributed by atoms with Crippen LogP contribution in [0.3, 0.4) is 0 Å². The van der Waals surface area contributed by atoms with Crippen LogP contribution in [0.5, 0.6) is 0 Å². The van der Waals surface area contributed by atoms with Gasteiger partial charge < -0.3 is 15.4 Å². The summed E-state index contributed by atoms with van der Waals surface area (Å²) in [6.07, 6.45) is 6.93. The molecule has 0 unspecified atom stereocenters. The smallest absolute Gasteiger partial charge is 0.333 e. The second-order valence-electron chi connectivity index (χ2n) is 2.83. The molecule has 0 aliphatic heterocycles. The van der Waals surface area contributed by atoms with E-state index in [4.69, 9.17) is 12.2 Å². The summed E-state index contributed by atoms with van der Waals surface area (Å²) in [5.41, 5.74) is 5.73. The molecule has 0 aliphatic carbocycles. The molecule has 3 N–H and O–H groups in total. The van der Waals surface area contributed by atoms with Crippen LogP contribution < -0.4 is 11.1 Å². The highest BCUT2D eigenvalue weighted by molar-refractivity contribution is 7.80. The molecule has 0 fully saturated rings. The number of nitro groups is 1. The Morgan fingerprint density at radius 3 is 2.80 bits per heavy atom. The van der Waals surface area contributed by atoms with E-state index in [9.17, 15) is 10.1 Å². The molecule has 0 aliphatic rings. The minimum Gasteiger partial charge on any atom is -0.382 e. The Balaban J connectivity index is 4.23. The average Bonchev–Trinajstić information content (AvgIpc) is 2.21. The maximum atomic E-state index is 10.4. The molecule has 0 aromatic heterocycles. The van der Waals surface area contributed by atoms with Crippen LogP contribution >= 0.6 is 12.6 Å². The van der Waals surface area contributed by atoms with E-state index in [1.807, 2.05) is 0 Å². The fraction of sp³-hybridized carbons (Fsp3) is 0.556.